The van der Waals surface area contributed by atoms with Crippen molar-refractivity contribution < 1.29 is 14.3 Å². The van der Waals surface area contributed by atoms with Crippen molar-refractivity contribution in [2.24, 2.45) is 0 Å². The van der Waals surface area contributed by atoms with Gasteiger partial charge in [-0.1, -0.05) is 31.4 Å². The van der Waals surface area contributed by atoms with Gasteiger partial charge in [-0.2, -0.15) is 0 Å². The molecule has 136 valence electrons. The minimum Gasteiger partial charge on any atom is -0.497 e. The largest absolute Gasteiger partial charge is 0.497 e. The molecule has 2 saturated carbocycles. The molecule has 2 aliphatic carbocycles. The third kappa shape index (κ3) is 3.97. The molecule has 0 aliphatic heterocycles. The molecule has 0 aromatic heterocycles. The maximum atomic E-state index is 12.9. The fraction of sp³-hybridized carbons (Fsp3) is 0.600. The van der Waals surface area contributed by atoms with E-state index < -0.39 is 5.54 Å². The number of methoxy groups -OCH3 is 1. The second kappa shape index (κ2) is 7.46. The predicted molar refractivity (Wildman–Crippen MR) is 96.5 cm³/mol. The van der Waals surface area contributed by atoms with Crippen LogP contribution in [0.25, 0.3) is 0 Å². The van der Waals surface area contributed by atoms with Crippen molar-refractivity contribution in [1.29, 1.82) is 0 Å². The van der Waals surface area contributed by atoms with Gasteiger partial charge >= 0.3 is 0 Å². The summed E-state index contributed by atoms with van der Waals surface area (Å²) in [6.07, 6.45) is 6.48. The second-order valence-corrected chi connectivity index (χ2v) is 7.44. The Kier molecular flexibility index (Phi) is 5.30. The Morgan fingerprint density at radius 2 is 1.88 bits per heavy atom. The second-order valence-electron chi connectivity index (χ2n) is 7.44. The molecule has 2 aliphatic rings. The molecule has 0 spiro atoms. The summed E-state index contributed by atoms with van der Waals surface area (Å²) in [5, 5.41) is 6.11. The molecular weight excluding hydrogens is 316 g/mol. The van der Waals surface area contributed by atoms with Crippen molar-refractivity contribution in [3.63, 3.8) is 0 Å². The van der Waals surface area contributed by atoms with E-state index in [4.69, 9.17) is 4.74 Å². The molecule has 25 heavy (non-hydrogen) atoms. The molecule has 2 amide bonds. The molecule has 5 nitrogen and oxygen atoms in total. The summed E-state index contributed by atoms with van der Waals surface area (Å²) in [5.41, 5.74) is 0.560. The number of hydrogen-bond donors (Lipinski definition) is 2. The summed E-state index contributed by atoms with van der Waals surface area (Å²) >= 11 is 0. The lowest BCUT2D eigenvalue weighted by Crippen LogP contribution is -2.61. The van der Waals surface area contributed by atoms with E-state index >= 15 is 0 Å². The van der Waals surface area contributed by atoms with E-state index in [9.17, 15) is 9.59 Å². The summed E-state index contributed by atoms with van der Waals surface area (Å²) in [6.45, 7) is 1.49. The molecule has 0 radical (unpaired) electrons. The van der Waals surface area contributed by atoms with E-state index in [1.807, 2.05) is 12.1 Å². The standard InChI is InChI=1S/C20H28N2O3/c1-14(23)22-20(9-4-3-5-10-20)19(24)21-17-11-16(12-17)15-7-6-8-18(13-15)25-2/h6-8,13,16-17H,3-5,9-12H2,1-2H3,(H,21,24)(H,22,23). The zero-order valence-corrected chi connectivity index (χ0v) is 15.1. The minimum absolute atomic E-state index is 0.00325. The van der Waals surface area contributed by atoms with Crippen LogP contribution in [0.3, 0.4) is 0 Å². The molecule has 2 N–H and O–H groups in total. The van der Waals surface area contributed by atoms with E-state index in [0.29, 0.717) is 5.92 Å². The van der Waals surface area contributed by atoms with E-state index in [0.717, 1.165) is 50.7 Å². The number of rotatable bonds is 5. The molecule has 2 fully saturated rings. The number of ether oxygens (including phenoxy) is 1. The van der Waals surface area contributed by atoms with Crippen molar-refractivity contribution in [3.8, 4) is 5.75 Å². The Bertz CT molecular complexity index is 632. The highest BCUT2D eigenvalue weighted by Crippen LogP contribution is 2.38. The lowest BCUT2D eigenvalue weighted by molar-refractivity contribution is -0.135. The average Bonchev–Trinajstić information content (AvgIpc) is 2.57. The van der Waals surface area contributed by atoms with Gasteiger partial charge in [-0.3, -0.25) is 9.59 Å². The van der Waals surface area contributed by atoms with E-state index in [1.54, 1.807) is 7.11 Å². The zero-order chi connectivity index (χ0) is 17.9. The average molecular weight is 344 g/mol. The SMILES string of the molecule is COc1cccc(C2CC(NC(=O)C3(NC(C)=O)CCCCC3)C2)c1. The molecule has 0 heterocycles. The van der Waals surface area contributed by atoms with Crippen LogP contribution in [-0.4, -0.2) is 30.5 Å². The highest BCUT2D eigenvalue weighted by atomic mass is 16.5. The molecule has 0 saturated heterocycles. The monoisotopic (exact) mass is 344 g/mol. The van der Waals surface area contributed by atoms with Crippen LogP contribution in [-0.2, 0) is 9.59 Å². The Hall–Kier alpha value is -2.04. The van der Waals surface area contributed by atoms with Crippen molar-refractivity contribution in [1.82, 2.24) is 10.6 Å². The van der Waals surface area contributed by atoms with Gasteiger partial charge < -0.3 is 15.4 Å². The number of nitrogens with one attached hydrogen (secondary N) is 2. The lowest BCUT2D eigenvalue weighted by atomic mass is 9.74. The molecule has 1 aromatic carbocycles. The van der Waals surface area contributed by atoms with Crippen LogP contribution in [0, 0.1) is 0 Å². The van der Waals surface area contributed by atoms with Crippen molar-refractivity contribution >= 4 is 11.8 Å². The van der Waals surface area contributed by atoms with E-state index in [-0.39, 0.29) is 17.9 Å². The van der Waals surface area contributed by atoms with E-state index in [2.05, 4.69) is 22.8 Å². The summed E-state index contributed by atoms with van der Waals surface area (Å²) in [6, 6.07) is 8.33. The molecular formula is C20H28N2O3. The van der Waals surface area contributed by atoms with Gasteiger partial charge in [0.15, 0.2) is 0 Å². The predicted octanol–water partition coefficient (Wildman–Crippen LogP) is 2.90. The van der Waals surface area contributed by atoms with Crippen LogP contribution in [0.2, 0.25) is 0 Å². The number of amides is 2. The minimum atomic E-state index is -0.703. The van der Waals surface area contributed by atoms with Crippen molar-refractivity contribution in [2.75, 3.05) is 7.11 Å². The van der Waals surface area contributed by atoms with Gasteiger partial charge in [0.2, 0.25) is 11.8 Å². The van der Waals surface area contributed by atoms with Gasteiger partial charge in [0.05, 0.1) is 7.11 Å². The Balaban J connectivity index is 1.57. The van der Waals surface area contributed by atoms with Gasteiger partial charge in [-0.15, -0.1) is 0 Å². The first-order valence-electron chi connectivity index (χ1n) is 9.26. The first-order chi connectivity index (χ1) is 12.0. The number of carbonyl (C=O) groups excluding carboxylic acids is 2. The Morgan fingerprint density at radius 3 is 2.52 bits per heavy atom. The summed E-state index contributed by atoms with van der Waals surface area (Å²) < 4.78 is 5.28. The summed E-state index contributed by atoms with van der Waals surface area (Å²) in [5.74, 6) is 1.21. The third-order valence-corrected chi connectivity index (χ3v) is 5.60. The fourth-order valence-electron chi connectivity index (χ4n) is 4.13. The normalized spacial score (nSPS) is 24.7. The highest BCUT2D eigenvalue weighted by Gasteiger charge is 2.42. The maximum absolute atomic E-state index is 12.9. The molecule has 3 rings (SSSR count). The van der Waals surface area contributed by atoms with Crippen LogP contribution in [0.1, 0.15) is 63.4 Å². The Labute approximate surface area is 149 Å². The van der Waals surface area contributed by atoms with Crippen molar-refractivity contribution in [3.05, 3.63) is 29.8 Å². The summed E-state index contributed by atoms with van der Waals surface area (Å²) in [7, 11) is 1.68. The summed E-state index contributed by atoms with van der Waals surface area (Å²) in [4.78, 5) is 24.4. The van der Waals surface area contributed by atoms with Gasteiger partial charge in [0, 0.05) is 13.0 Å². The fourth-order valence-corrected chi connectivity index (χ4v) is 4.13. The number of benzene rings is 1. The highest BCUT2D eigenvalue weighted by molar-refractivity contribution is 5.91. The quantitative estimate of drug-likeness (QED) is 0.863. The van der Waals surface area contributed by atoms with Gasteiger partial charge in [-0.05, 0) is 49.3 Å². The lowest BCUT2D eigenvalue weighted by Gasteiger charge is -2.41. The first-order valence-corrected chi connectivity index (χ1v) is 9.26. The van der Waals surface area contributed by atoms with Crippen LogP contribution in [0.15, 0.2) is 24.3 Å². The van der Waals surface area contributed by atoms with E-state index in [1.165, 1.54) is 12.5 Å². The van der Waals surface area contributed by atoms with Gasteiger partial charge in [0.1, 0.15) is 11.3 Å². The topological polar surface area (TPSA) is 67.4 Å². The molecule has 1 aromatic rings. The van der Waals surface area contributed by atoms with Crippen LogP contribution in [0.5, 0.6) is 5.75 Å². The van der Waals surface area contributed by atoms with Crippen LogP contribution < -0.4 is 15.4 Å². The van der Waals surface area contributed by atoms with Crippen LogP contribution >= 0.6 is 0 Å². The van der Waals surface area contributed by atoms with Crippen LogP contribution in [0.4, 0.5) is 0 Å². The number of carbonyl (C=O) groups is 2. The maximum Gasteiger partial charge on any atom is 0.245 e. The van der Waals surface area contributed by atoms with Crippen molar-refractivity contribution in [2.45, 2.75) is 69.4 Å². The first kappa shape index (κ1) is 17.8. The Morgan fingerprint density at radius 1 is 1.16 bits per heavy atom. The van der Waals surface area contributed by atoms with Gasteiger partial charge in [-0.25, -0.2) is 0 Å². The molecule has 0 unspecified atom stereocenters. The third-order valence-electron chi connectivity index (χ3n) is 5.60. The molecule has 0 atom stereocenters. The smallest absolute Gasteiger partial charge is 0.245 e. The zero-order valence-electron chi connectivity index (χ0n) is 15.1. The number of hydrogen-bond acceptors (Lipinski definition) is 3. The van der Waals surface area contributed by atoms with Gasteiger partial charge in [0.25, 0.3) is 0 Å². The molecule has 5 heteroatoms. The molecule has 0 bridgehead atoms.